The van der Waals surface area contributed by atoms with Gasteiger partial charge in [-0.05, 0) is 30.7 Å². The van der Waals surface area contributed by atoms with Crippen molar-refractivity contribution in [2.75, 3.05) is 7.11 Å². The van der Waals surface area contributed by atoms with E-state index < -0.39 is 6.04 Å². The van der Waals surface area contributed by atoms with Gasteiger partial charge in [0.05, 0.1) is 7.11 Å². The molecule has 0 radical (unpaired) electrons. The van der Waals surface area contributed by atoms with Crippen LogP contribution in [-0.4, -0.2) is 12.1 Å². The Labute approximate surface area is 112 Å². The number of methoxy groups -OCH3 is 1. The quantitative estimate of drug-likeness (QED) is 0.919. The van der Waals surface area contributed by atoms with Gasteiger partial charge < -0.3 is 10.5 Å². The molecular formula is C15H17FN2O. The maximum atomic E-state index is 13.9. The predicted octanol–water partition coefficient (Wildman–Crippen LogP) is 2.78. The van der Waals surface area contributed by atoms with Crippen LogP contribution in [0.1, 0.15) is 22.9 Å². The Bertz CT molecular complexity index is 555. The summed E-state index contributed by atoms with van der Waals surface area (Å²) in [6.45, 7) is 1.97. The van der Waals surface area contributed by atoms with E-state index in [2.05, 4.69) is 4.98 Å². The van der Waals surface area contributed by atoms with Crippen LogP contribution in [0.2, 0.25) is 0 Å². The lowest BCUT2D eigenvalue weighted by molar-refractivity contribution is 0.398. The summed E-state index contributed by atoms with van der Waals surface area (Å²) < 4.78 is 19.0. The van der Waals surface area contributed by atoms with Gasteiger partial charge >= 0.3 is 0 Å². The molecule has 19 heavy (non-hydrogen) atoms. The zero-order chi connectivity index (χ0) is 13.8. The molecule has 4 heteroatoms. The standard InChI is InChI=1S/C15H17FN2O/c1-10-6-7-11(18-9-10)8-13(17)15-12(16)4-3-5-14(15)19-2/h3-7,9,13H,8,17H2,1-2H3. The molecule has 0 fully saturated rings. The Morgan fingerprint density at radius 2 is 2.11 bits per heavy atom. The van der Waals surface area contributed by atoms with Crippen molar-refractivity contribution in [1.82, 2.24) is 4.98 Å². The monoisotopic (exact) mass is 260 g/mol. The summed E-state index contributed by atoms with van der Waals surface area (Å²) in [4.78, 5) is 4.29. The second-order valence-corrected chi connectivity index (χ2v) is 4.49. The van der Waals surface area contributed by atoms with E-state index in [1.165, 1.54) is 13.2 Å². The number of ether oxygens (including phenoxy) is 1. The lowest BCUT2D eigenvalue weighted by Crippen LogP contribution is -2.16. The first-order chi connectivity index (χ1) is 9.11. The number of rotatable bonds is 4. The van der Waals surface area contributed by atoms with E-state index in [9.17, 15) is 4.39 Å². The molecule has 0 bridgehead atoms. The highest BCUT2D eigenvalue weighted by atomic mass is 19.1. The summed E-state index contributed by atoms with van der Waals surface area (Å²) in [7, 11) is 1.51. The van der Waals surface area contributed by atoms with Gasteiger partial charge in [-0.2, -0.15) is 0 Å². The van der Waals surface area contributed by atoms with Gasteiger partial charge in [-0.3, -0.25) is 4.98 Å². The van der Waals surface area contributed by atoms with E-state index >= 15 is 0 Å². The first kappa shape index (κ1) is 13.5. The van der Waals surface area contributed by atoms with E-state index in [0.29, 0.717) is 17.7 Å². The Morgan fingerprint density at radius 1 is 1.32 bits per heavy atom. The Morgan fingerprint density at radius 3 is 2.74 bits per heavy atom. The van der Waals surface area contributed by atoms with Crippen LogP contribution < -0.4 is 10.5 Å². The van der Waals surface area contributed by atoms with Crippen LogP contribution in [0.5, 0.6) is 5.75 Å². The fourth-order valence-electron chi connectivity index (χ4n) is 2.00. The van der Waals surface area contributed by atoms with Gasteiger partial charge in [0.2, 0.25) is 0 Å². The number of hydrogen-bond acceptors (Lipinski definition) is 3. The second kappa shape index (κ2) is 5.80. The van der Waals surface area contributed by atoms with E-state index in [1.807, 2.05) is 19.1 Å². The Kier molecular flexibility index (Phi) is 4.12. The number of aryl methyl sites for hydroxylation is 1. The van der Waals surface area contributed by atoms with Gasteiger partial charge in [0, 0.05) is 29.9 Å². The third-order valence-corrected chi connectivity index (χ3v) is 3.01. The summed E-state index contributed by atoms with van der Waals surface area (Å²) >= 11 is 0. The maximum Gasteiger partial charge on any atom is 0.131 e. The number of halogens is 1. The third-order valence-electron chi connectivity index (χ3n) is 3.01. The van der Waals surface area contributed by atoms with Crippen molar-refractivity contribution in [3.05, 3.63) is 59.2 Å². The van der Waals surface area contributed by atoms with E-state index in [0.717, 1.165) is 11.3 Å². The zero-order valence-electron chi connectivity index (χ0n) is 11.1. The SMILES string of the molecule is COc1cccc(F)c1C(N)Cc1ccc(C)cn1. The van der Waals surface area contributed by atoms with E-state index in [-0.39, 0.29) is 5.82 Å². The van der Waals surface area contributed by atoms with Gasteiger partial charge in [0.15, 0.2) is 0 Å². The second-order valence-electron chi connectivity index (χ2n) is 4.49. The minimum Gasteiger partial charge on any atom is -0.496 e. The van der Waals surface area contributed by atoms with Gasteiger partial charge in [-0.1, -0.05) is 12.1 Å². The molecule has 0 amide bonds. The molecule has 3 nitrogen and oxygen atoms in total. The molecular weight excluding hydrogens is 243 g/mol. The van der Waals surface area contributed by atoms with Gasteiger partial charge in [0.1, 0.15) is 11.6 Å². The normalized spacial score (nSPS) is 12.2. The largest absolute Gasteiger partial charge is 0.496 e. The number of benzene rings is 1. The van der Waals surface area contributed by atoms with Crippen molar-refractivity contribution in [2.24, 2.45) is 5.73 Å². The van der Waals surface area contributed by atoms with Crippen LogP contribution in [0.25, 0.3) is 0 Å². The lowest BCUT2D eigenvalue weighted by Gasteiger charge is -2.16. The summed E-state index contributed by atoms with van der Waals surface area (Å²) in [5.41, 5.74) is 8.40. The molecule has 0 saturated heterocycles. The third kappa shape index (κ3) is 3.09. The molecule has 100 valence electrons. The molecule has 0 aliphatic carbocycles. The highest BCUT2D eigenvalue weighted by molar-refractivity contribution is 5.37. The van der Waals surface area contributed by atoms with E-state index in [4.69, 9.17) is 10.5 Å². The molecule has 1 heterocycles. The van der Waals surface area contributed by atoms with Crippen molar-refractivity contribution in [3.63, 3.8) is 0 Å². The molecule has 2 aromatic rings. The van der Waals surface area contributed by atoms with Crippen LogP contribution in [-0.2, 0) is 6.42 Å². The molecule has 0 spiro atoms. The number of nitrogens with zero attached hydrogens (tertiary/aromatic N) is 1. The number of pyridine rings is 1. The zero-order valence-corrected chi connectivity index (χ0v) is 11.1. The van der Waals surface area contributed by atoms with Crippen LogP contribution in [0.4, 0.5) is 4.39 Å². The van der Waals surface area contributed by atoms with Crippen molar-refractivity contribution < 1.29 is 9.13 Å². The maximum absolute atomic E-state index is 13.9. The summed E-state index contributed by atoms with van der Waals surface area (Å²) in [5, 5.41) is 0. The Balaban J connectivity index is 2.24. The van der Waals surface area contributed by atoms with Crippen molar-refractivity contribution in [2.45, 2.75) is 19.4 Å². The van der Waals surface area contributed by atoms with Gasteiger partial charge in [-0.25, -0.2) is 4.39 Å². The molecule has 2 N–H and O–H groups in total. The van der Waals surface area contributed by atoms with Crippen molar-refractivity contribution in [3.8, 4) is 5.75 Å². The number of hydrogen-bond donors (Lipinski definition) is 1. The first-order valence-corrected chi connectivity index (χ1v) is 6.11. The van der Waals surface area contributed by atoms with Crippen molar-refractivity contribution in [1.29, 1.82) is 0 Å². The lowest BCUT2D eigenvalue weighted by atomic mass is 10.0. The van der Waals surface area contributed by atoms with Crippen LogP contribution in [0, 0.1) is 12.7 Å². The molecule has 1 atom stereocenters. The number of nitrogens with two attached hydrogens (primary N) is 1. The molecule has 1 unspecified atom stereocenters. The predicted molar refractivity (Wildman–Crippen MR) is 72.6 cm³/mol. The van der Waals surface area contributed by atoms with Crippen LogP contribution in [0.3, 0.4) is 0 Å². The molecule has 1 aromatic carbocycles. The minimum absolute atomic E-state index is 0.348. The topological polar surface area (TPSA) is 48.1 Å². The van der Waals surface area contributed by atoms with Crippen molar-refractivity contribution >= 4 is 0 Å². The summed E-state index contributed by atoms with van der Waals surface area (Å²) in [6, 6.07) is 8.09. The molecule has 1 aromatic heterocycles. The Hall–Kier alpha value is -1.94. The summed E-state index contributed by atoms with van der Waals surface area (Å²) in [6.07, 6.45) is 2.25. The first-order valence-electron chi connectivity index (χ1n) is 6.11. The fraction of sp³-hybridized carbons (Fsp3) is 0.267. The smallest absolute Gasteiger partial charge is 0.131 e. The minimum atomic E-state index is -0.480. The van der Waals surface area contributed by atoms with Crippen LogP contribution in [0.15, 0.2) is 36.5 Å². The summed E-state index contributed by atoms with van der Waals surface area (Å²) in [5.74, 6) is 0.124. The number of aromatic nitrogens is 1. The van der Waals surface area contributed by atoms with Gasteiger partial charge in [0.25, 0.3) is 0 Å². The van der Waals surface area contributed by atoms with Gasteiger partial charge in [-0.15, -0.1) is 0 Å². The van der Waals surface area contributed by atoms with Crippen LogP contribution >= 0.6 is 0 Å². The highest BCUT2D eigenvalue weighted by Crippen LogP contribution is 2.28. The highest BCUT2D eigenvalue weighted by Gasteiger charge is 2.17. The van der Waals surface area contributed by atoms with E-state index in [1.54, 1.807) is 18.3 Å². The molecule has 0 aliphatic rings. The average molecular weight is 260 g/mol. The molecule has 2 rings (SSSR count). The molecule has 0 aliphatic heterocycles. The average Bonchev–Trinajstić information content (AvgIpc) is 2.40. The fourth-order valence-corrected chi connectivity index (χ4v) is 2.00. The molecule has 0 saturated carbocycles.